The highest BCUT2D eigenvalue weighted by Gasteiger charge is 2.53. The molecule has 3 aliphatic heterocycles. The van der Waals surface area contributed by atoms with Crippen LogP contribution in [0.3, 0.4) is 0 Å². The molecule has 3 saturated heterocycles. The number of rotatable bonds is 10. The van der Waals surface area contributed by atoms with Crippen molar-refractivity contribution in [1.82, 2.24) is 0 Å². The summed E-state index contributed by atoms with van der Waals surface area (Å²) in [6, 6.07) is 9.46. The predicted octanol–water partition coefficient (Wildman–Crippen LogP) is 0.940. The van der Waals surface area contributed by atoms with E-state index in [1.807, 2.05) is 30.3 Å². The Morgan fingerprint density at radius 1 is 1.21 bits per heavy atom. The second-order valence-electron chi connectivity index (χ2n) is 7.65. The van der Waals surface area contributed by atoms with Crippen molar-refractivity contribution in [1.29, 1.82) is 0 Å². The first kappa shape index (κ1) is 26.4. The molecule has 0 saturated carbocycles. The Morgan fingerprint density at radius 2 is 2.00 bits per heavy atom. The Balaban J connectivity index is 1.39. The molecule has 3 aliphatic rings. The third-order valence-corrected chi connectivity index (χ3v) is 7.72. The van der Waals surface area contributed by atoms with Crippen molar-refractivity contribution >= 4 is 49.0 Å². The Morgan fingerprint density at radius 3 is 2.70 bits per heavy atom. The fraction of sp³-hybridized carbons (Fsp3) is 0.684. The lowest BCUT2D eigenvalue weighted by Crippen LogP contribution is -2.57. The number of hydrogen-bond acceptors (Lipinski definition) is 12. The summed E-state index contributed by atoms with van der Waals surface area (Å²) in [6.07, 6.45) is -7.62. The first-order chi connectivity index (χ1) is 16.0. The molecule has 9 unspecified atom stereocenters. The second-order valence-corrected chi connectivity index (χ2v) is 10.7. The summed E-state index contributed by atoms with van der Waals surface area (Å²) < 4.78 is 45.1. The van der Waals surface area contributed by atoms with E-state index in [1.54, 1.807) is 29.9 Å². The fourth-order valence-corrected chi connectivity index (χ4v) is 5.96. The average molecular weight is 620 g/mol. The van der Waals surface area contributed by atoms with E-state index in [0.717, 1.165) is 5.30 Å². The maximum Gasteiger partial charge on any atom is 0.205 e. The van der Waals surface area contributed by atoms with Crippen LogP contribution in [0.5, 0.6) is 0 Å². The summed E-state index contributed by atoms with van der Waals surface area (Å²) in [5.74, 6) is 0. The van der Waals surface area contributed by atoms with E-state index in [9.17, 15) is 15.3 Å². The Kier molecular flexibility index (Phi) is 9.98. The Hall–Kier alpha value is 0.290. The molecule has 11 nitrogen and oxygen atoms in total. The van der Waals surface area contributed by atoms with Gasteiger partial charge in [0, 0.05) is 5.30 Å². The van der Waals surface area contributed by atoms with Gasteiger partial charge in [-0.25, -0.2) is 2.51 Å². The molecule has 0 aliphatic carbocycles. The van der Waals surface area contributed by atoms with Gasteiger partial charge in [0.2, 0.25) is 8.38 Å². The van der Waals surface area contributed by atoms with Gasteiger partial charge >= 0.3 is 0 Å². The minimum Gasteiger partial charge on any atom is -0.391 e. The highest BCUT2D eigenvalue weighted by Crippen LogP contribution is 2.44. The predicted molar refractivity (Wildman–Crippen MR) is 124 cm³/mol. The van der Waals surface area contributed by atoms with Crippen LogP contribution < -0.4 is 5.30 Å². The Labute approximate surface area is 210 Å². The molecule has 3 fully saturated rings. The molecule has 10 atom stereocenters. The van der Waals surface area contributed by atoms with Crippen molar-refractivity contribution in [2.75, 3.05) is 19.8 Å². The SMILES string of the molecule is CC(O)C1OP(c2ccccc2)OC[C@@H]1OC(CO)OC1C2COC(O2)C(OSOI)C1O. The molecule has 1 aromatic rings. The maximum atomic E-state index is 10.8. The van der Waals surface area contributed by atoms with Crippen molar-refractivity contribution in [3.8, 4) is 0 Å². The normalized spacial score (nSPS) is 38.2. The molecule has 0 radical (unpaired) electrons. The average Bonchev–Trinajstić information content (AvgIpc) is 3.27. The summed E-state index contributed by atoms with van der Waals surface area (Å²) in [5, 5.41) is 31.9. The van der Waals surface area contributed by atoms with Crippen LogP contribution in [0, 0.1) is 0 Å². The van der Waals surface area contributed by atoms with Gasteiger partial charge in [0.25, 0.3) is 0 Å². The molecular weight excluding hydrogens is 594 g/mol. The van der Waals surface area contributed by atoms with Crippen molar-refractivity contribution in [3.05, 3.63) is 30.3 Å². The van der Waals surface area contributed by atoms with Crippen LogP contribution >= 0.6 is 43.7 Å². The van der Waals surface area contributed by atoms with Crippen LogP contribution in [-0.2, 0) is 34.7 Å². The first-order valence-corrected chi connectivity index (χ1v) is 13.0. The lowest BCUT2D eigenvalue weighted by molar-refractivity contribution is -0.290. The van der Waals surface area contributed by atoms with E-state index in [-0.39, 0.29) is 13.2 Å². The number of aliphatic hydroxyl groups excluding tert-OH is 3. The molecule has 186 valence electrons. The zero-order valence-electron chi connectivity index (χ0n) is 17.5. The number of hydrogen-bond donors (Lipinski definition) is 3. The van der Waals surface area contributed by atoms with Crippen LogP contribution in [0.2, 0.25) is 0 Å². The van der Waals surface area contributed by atoms with Gasteiger partial charge in [-0.15, -0.1) is 0 Å². The summed E-state index contributed by atoms with van der Waals surface area (Å²) in [7, 11) is -1.39. The molecule has 1 aromatic carbocycles. The van der Waals surface area contributed by atoms with Crippen LogP contribution in [0.15, 0.2) is 30.3 Å². The Bertz CT molecular complexity index is 737. The van der Waals surface area contributed by atoms with Crippen molar-refractivity contribution < 1.29 is 50.0 Å². The van der Waals surface area contributed by atoms with Gasteiger partial charge in [0.05, 0.1) is 25.9 Å². The third kappa shape index (κ3) is 6.35. The van der Waals surface area contributed by atoms with E-state index < -0.39 is 70.3 Å². The third-order valence-electron chi connectivity index (χ3n) is 5.38. The number of ether oxygens (including phenoxy) is 4. The quantitative estimate of drug-likeness (QED) is 0.149. The first-order valence-electron chi connectivity index (χ1n) is 10.3. The molecule has 0 aromatic heterocycles. The van der Waals surface area contributed by atoms with Gasteiger partial charge in [0.15, 0.2) is 31.0 Å². The molecule has 0 amide bonds. The molecule has 33 heavy (non-hydrogen) atoms. The summed E-state index contributed by atoms with van der Waals surface area (Å²) in [4.78, 5) is 0. The standard InChI is InChI=1S/C19H26IO11PS/c1-10(22)16-13(9-25-32(29-16)11-5-3-2-4-6-11)26-14(7-21)28-17-12-8-24-19(27-12)18(15(17)23)30-33-31-20/h2-6,10,12-19,21-23H,7-9H2,1H3/t10?,12?,13-,14?,15?,16?,17?,18?,19?,32?/m0/s1. The van der Waals surface area contributed by atoms with Crippen LogP contribution in [-0.4, -0.2) is 90.4 Å². The van der Waals surface area contributed by atoms with E-state index in [4.69, 9.17) is 34.7 Å². The van der Waals surface area contributed by atoms with Crippen LogP contribution in [0.25, 0.3) is 0 Å². The molecule has 2 bridgehead atoms. The lowest BCUT2D eigenvalue weighted by Gasteiger charge is -2.41. The van der Waals surface area contributed by atoms with Crippen molar-refractivity contribution in [3.63, 3.8) is 0 Å². The minimum absolute atomic E-state index is 0.129. The summed E-state index contributed by atoms with van der Waals surface area (Å²) >= 11 is 2.33. The van der Waals surface area contributed by atoms with Gasteiger partial charge in [-0.2, -0.15) is 0 Å². The van der Waals surface area contributed by atoms with Crippen LogP contribution in [0.1, 0.15) is 6.92 Å². The van der Waals surface area contributed by atoms with Crippen molar-refractivity contribution in [2.45, 2.75) is 62.2 Å². The second kappa shape index (κ2) is 12.5. The van der Waals surface area contributed by atoms with E-state index >= 15 is 0 Å². The monoisotopic (exact) mass is 620 g/mol. The number of fused-ring (bicyclic) bond motifs is 2. The van der Waals surface area contributed by atoms with Gasteiger partial charge in [-0.05, 0) is 19.1 Å². The molecule has 14 heteroatoms. The molecular formula is C19H26IO11PS. The molecule has 3 heterocycles. The zero-order chi connectivity index (χ0) is 23.4. The van der Waals surface area contributed by atoms with E-state index in [0.29, 0.717) is 12.3 Å². The van der Waals surface area contributed by atoms with Gasteiger partial charge < -0.3 is 43.3 Å². The van der Waals surface area contributed by atoms with Gasteiger partial charge in [0.1, 0.15) is 53.5 Å². The fourth-order valence-electron chi connectivity index (χ4n) is 3.82. The van der Waals surface area contributed by atoms with Gasteiger partial charge in [-0.1, -0.05) is 18.2 Å². The van der Waals surface area contributed by atoms with E-state index in [2.05, 4.69) is 0 Å². The number of halogens is 1. The van der Waals surface area contributed by atoms with Crippen molar-refractivity contribution in [2.24, 2.45) is 0 Å². The molecule has 0 spiro atoms. The van der Waals surface area contributed by atoms with Gasteiger partial charge in [-0.3, -0.25) is 4.18 Å². The van der Waals surface area contributed by atoms with E-state index in [1.165, 1.54) is 0 Å². The summed E-state index contributed by atoms with van der Waals surface area (Å²) in [5.41, 5.74) is 0. The smallest absolute Gasteiger partial charge is 0.205 e. The maximum absolute atomic E-state index is 10.8. The molecule has 4 rings (SSSR count). The largest absolute Gasteiger partial charge is 0.391 e. The zero-order valence-corrected chi connectivity index (χ0v) is 21.4. The lowest BCUT2D eigenvalue weighted by atomic mass is 10.0. The highest BCUT2D eigenvalue weighted by molar-refractivity contribution is 14.1. The summed E-state index contributed by atoms with van der Waals surface area (Å²) in [6.45, 7) is 1.41. The molecule has 3 N–H and O–H groups in total. The minimum atomic E-state index is -1.39. The number of benzene rings is 1. The topological polar surface area (TPSA) is 135 Å². The van der Waals surface area contributed by atoms with Crippen LogP contribution in [0.4, 0.5) is 0 Å². The highest BCUT2D eigenvalue weighted by atomic mass is 127. The number of aliphatic hydroxyl groups is 3.